The molecule has 0 N–H and O–H groups in total. The summed E-state index contributed by atoms with van der Waals surface area (Å²) in [4.78, 5) is 5.46. The first-order valence-electron chi connectivity index (χ1n) is 46.7. The van der Waals surface area contributed by atoms with Crippen LogP contribution >= 0.6 is 0 Å². The van der Waals surface area contributed by atoms with Crippen molar-refractivity contribution in [2.24, 2.45) is 0 Å². The molecule has 15 aromatic rings. The standard InChI is InChI=1S/C120H128BN3/c1-69(2)87-61-100(77(17)18)116(101(62-87)78(19)20)84-49-56-108-104(59-84)105-60-85(117-102(79(21)22)63-88(70(3)4)64-103(117)80(23)24)50-57-109(105)123(108)91-54-55-106-111(68-91)124(120-98(81-35-27-25-28-36-81)45-34-46-99(120)82-37-29-26-30-38-82)113-67-89(118-96(75(13)14)43-33-44-97(118)76(15)16)66-112-119(113)121(106)107-65-86(115-94(73(9)10)41-32-42-95(115)74(11)12)51-58-110(107)122(112)90-52-47-83(48-53-90)114-92(71(5)6)39-31-40-93(114)72(7)8/h25-80H,1-24H3. The zero-order valence-corrected chi connectivity index (χ0v) is 78.3. The van der Waals surface area contributed by atoms with Crippen LogP contribution in [0.5, 0.6) is 0 Å². The van der Waals surface area contributed by atoms with Crippen LogP contribution < -0.4 is 26.2 Å². The van der Waals surface area contributed by atoms with Gasteiger partial charge >= 0.3 is 0 Å². The predicted octanol–water partition coefficient (Wildman–Crippen LogP) is 34.0. The normalized spacial score (nSPS) is 12.9. The van der Waals surface area contributed by atoms with Crippen molar-refractivity contribution in [3.63, 3.8) is 0 Å². The molecule has 2 aliphatic rings. The summed E-state index contributed by atoms with van der Waals surface area (Å²) in [6.07, 6.45) is 0. The fourth-order valence-corrected chi connectivity index (χ4v) is 21.1. The SMILES string of the molecule is CC(C)c1cc(C(C)C)c(-c2ccc3c(c2)c2cc(-c4c(C(C)C)cc(C(C)C)cc4C(C)C)ccc2n3-c2ccc3c(c2)N(c2c(-c4ccccc4)cccc2-c2ccccc2)c2cc(-c4c(C(C)C)cccc4C(C)C)cc4c2B3c2cc(-c3c(C(C)C)cccc3C(C)C)ccc2N4c2ccc(-c3c(C(C)C)cccc3C(C)C)cc2)c(C(C)C)c1. The van der Waals surface area contributed by atoms with Crippen LogP contribution in [0.1, 0.15) is 304 Å². The molecule has 3 nitrogen and oxygen atoms in total. The zero-order valence-electron chi connectivity index (χ0n) is 78.3. The van der Waals surface area contributed by atoms with Gasteiger partial charge in [-0.1, -0.05) is 366 Å². The van der Waals surface area contributed by atoms with Crippen LogP contribution in [0.3, 0.4) is 0 Å². The molecule has 0 unspecified atom stereocenters. The Labute approximate surface area is 742 Å². The fourth-order valence-electron chi connectivity index (χ4n) is 21.1. The third kappa shape index (κ3) is 14.9. The van der Waals surface area contributed by atoms with Crippen LogP contribution in [-0.2, 0) is 0 Å². The summed E-state index contributed by atoms with van der Waals surface area (Å²) in [6.45, 7) is 56.8. The van der Waals surface area contributed by atoms with Crippen molar-refractivity contribution in [1.82, 2.24) is 4.57 Å². The molecule has 0 saturated carbocycles. The van der Waals surface area contributed by atoms with Crippen molar-refractivity contribution in [3.05, 3.63) is 334 Å². The Morgan fingerprint density at radius 2 is 0.548 bits per heavy atom. The maximum atomic E-state index is 2.78. The van der Waals surface area contributed by atoms with Crippen LogP contribution in [-0.4, -0.2) is 11.3 Å². The molecule has 626 valence electrons. The Bertz CT molecular complexity index is 6240. The van der Waals surface area contributed by atoms with Crippen molar-refractivity contribution >= 4 is 79.0 Å². The molecule has 0 fully saturated rings. The molecule has 1 aromatic heterocycles. The first-order chi connectivity index (χ1) is 59.5. The van der Waals surface area contributed by atoms with Gasteiger partial charge in [-0.3, -0.25) is 0 Å². The highest BCUT2D eigenvalue weighted by molar-refractivity contribution is 7.00. The predicted molar refractivity (Wildman–Crippen MR) is 542 cm³/mol. The van der Waals surface area contributed by atoms with Gasteiger partial charge in [0.25, 0.3) is 6.71 Å². The molecule has 17 rings (SSSR count). The Balaban J connectivity index is 1.04. The number of hydrogen-bond acceptors (Lipinski definition) is 2. The summed E-state index contributed by atoms with van der Waals surface area (Å²) in [5.74, 6) is 3.74. The van der Waals surface area contributed by atoms with Crippen molar-refractivity contribution < 1.29 is 0 Å². The lowest BCUT2D eigenvalue weighted by Crippen LogP contribution is -2.61. The second-order valence-electron chi connectivity index (χ2n) is 39.8. The average molecular weight is 1620 g/mol. The van der Waals surface area contributed by atoms with Gasteiger partial charge in [-0.25, -0.2) is 0 Å². The Morgan fingerprint density at radius 3 is 0.944 bits per heavy atom. The number of aromatic nitrogens is 1. The maximum absolute atomic E-state index is 2.78. The smallest absolute Gasteiger partial charge is 0.252 e. The van der Waals surface area contributed by atoms with Crippen LogP contribution in [0.15, 0.2) is 267 Å². The fraction of sp³-hybridized carbons (Fsp3) is 0.300. The Kier molecular flexibility index (Phi) is 23.2. The van der Waals surface area contributed by atoms with E-state index in [0.29, 0.717) is 47.3 Å². The molecule has 0 aliphatic carbocycles. The van der Waals surface area contributed by atoms with E-state index in [0.717, 1.165) is 45.0 Å². The minimum atomic E-state index is -0.248. The van der Waals surface area contributed by atoms with Crippen molar-refractivity contribution in [3.8, 4) is 83.6 Å². The van der Waals surface area contributed by atoms with Crippen molar-refractivity contribution in [2.45, 2.75) is 237 Å². The second-order valence-corrected chi connectivity index (χ2v) is 39.8. The zero-order chi connectivity index (χ0) is 87.4. The third-order valence-electron chi connectivity index (χ3n) is 27.5. The van der Waals surface area contributed by atoms with Gasteiger partial charge in [-0.15, -0.1) is 0 Å². The van der Waals surface area contributed by atoms with E-state index in [1.54, 1.807) is 0 Å². The van der Waals surface area contributed by atoms with Gasteiger partial charge in [0.2, 0.25) is 0 Å². The summed E-state index contributed by atoms with van der Waals surface area (Å²) in [7, 11) is 0. The summed E-state index contributed by atoms with van der Waals surface area (Å²) in [5, 5.41) is 2.49. The van der Waals surface area contributed by atoms with E-state index in [9.17, 15) is 0 Å². The monoisotopic (exact) mass is 1620 g/mol. The summed E-state index contributed by atoms with van der Waals surface area (Å²) in [5.41, 5.74) is 48.5. The van der Waals surface area contributed by atoms with Crippen LogP contribution in [0, 0.1) is 0 Å². The molecule has 0 atom stereocenters. The van der Waals surface area contributed by atoms with Gasteiger partial charge in [-0.05, 0) is 288 Å². The molecule has 4 heteroatoms. The van der Waals surface area contributed by atoms with E-state index < -0.39 is 0 Å². The van der Waals surface area contributed by atoms with Gasteiger partial charge in [0, 0.05) is 56.0 Å². The maximum Gasteiger partial charge on any atom is 0.252 e. The molecule has 0 amide bonds. The Hall–Kier alpha value is -11.5. The molecule has 3 heterocycles. The lowest BCUT2D eigenvalue weighted by Gasteiger charge is -2.45. The molecule has 14 aromatic carbocycles. The first-order valence-corrected chi connectivity index (χ1v) is 46.7. The topological polar surface area (TPSA) is 11.4 Å². The molecular weight excluding hydrogens is 1490 g/mol. The first kappa shape index (κ1) is 84.7. The molecule has 0 spiro atoms. The quantitative estimate of drug-likeness (QED) is 0.0627. The van der Waals surface area contributed by atoms with Gasteiger partial charge < -0.3 is 14.4 Å². The highest BCUT2D eigenvalue weighted by Crippen LogP contribution is 2.55. The minimum Gasteiger partial charge on any atom is -0.311 e. The number of rotatable bonds is 22. The van der Waals surface area contributed by atoms with E-state index in [1.807, 2.05) is 0 Å². The van der Waals surface area contributed by atoms with Crippen molar-refractivity contribution in [2.75, 3.05) is 9.80 Å². The molecular formula is C120H128BN3. The van der Waals surface area contributed by atoms with Gasteiger partial charge in [0.1, 0.15) is 0 Å². The molecule has 0 radical (unpaired) electrons. The van der Waals surface area contributed by atoms with Gasteiger partial charge in [0.15, 0.2) is 0 Å². The number of hydrogen-bond donors (Lipinski definition) is 0. The third-order valence-corrected chi connectivity index (χ3v) is 27.5. The van der Waals surface area contributed by atoms with Crippen LogP contribution in [0.25, 0.3) is 105 Å². The number of benzene rings is 14. The van der Waals surface area contributed by atoms with E-state index in [-0.39, 0.29) is 30.4 Å². The highest BCUT2D eigenvalue weighted by atomic mass is 15.2. The molecule has 0 bridgehead atoms. The Morgan fingerprint density at radius 1 is 0.210 bits per heavy atom. The summed E-state index contributed by atoms with van der Waals surface area (Å²) >= 11 is 0. The van der Waals surface area contributed by atoms with E-state index in [1.165, 1.54) is 178 Å². The summed E-state index contributed by atoms with van der Waals surface area (Å²) in [6, 6.07) is 106. The number of nitrogens with zero attached hydrogens (tertiary/aromatic N) is 3. The minimum absolute atomic E-state index is 0.228. The van der Waals surface area contributed by atoms with Gasteiger partial charge in [0.05, 0.1) is 16.7 Å². The second kappa shape index (κ2) is 33.9. The molecule has 124 heavy (non-hydrogen) atoms. The lowest BCUT2D eigenvalue weighted by molar-refractivity contribution is 0.807. The molecule has 2 aliphatic heterocycles. The highest BCUT2D eigenvalue weighted by Gasteiger charge is 2.46. The number of fused-ring (bicyclic) bond motifs is 7. The van der Waals surface area contributed by atoms with Gasteiger partial charge in [-0.2, -0.15) is 0 Å². The van der Waals surface area contributed by atoms with E-state index in [4.69, 9.17) is 0 Å². The van der Waals surface area contributed by atoms with Crippen LogP contribution in [0.2, 0.25) is 0 Å². The summed E-state index contributed by atoms with van der Waals surface area (Å²) < 4.78 is 2.64. The van der Waals surface area contributed by atoms with Crippen molar-refractivity contribution in [1.29, 1.82) is 0 Å². The van der Waals surface area contributed by atoms with Crippen LogP contribution in [0.4, 0.5) is 34.1 Å². The lowest BCUT2D eigenvalue weighted by atomic mass is 9.33. The van der Waals surface area contributed by atoms with E-state index >= 15 is 0 Å². The molecule has 0 saturated heterocycles. The van der Waals surface area contributed by atoms with E-state index in [2.05, 4.69) is 447 Å². The number of para-hydroxylation sites is 1. The largest absolute Gasteiger partial charge is 0.311 e. The average Bonchev–Trinajstić information content (AvgIpc) is 0.733. The number of anilines is 6.